The van der Waals surface area contributed by atoms with Crippen LogP contribution in [0.1, 0.15) is 16.1 Å². The fraction of sp³-hybridized carbons (Fsp3) is 0.500. The van der Waals surface area contributed by atoms with Crippen LogP contribution in [0.25, 0.3) is 0 Å². The molecule has 0 saturated heterocycles. The Hall–Kier alpha value is -0.980. The fourth-order valence-electron chi connectivity index (χ4n) is 1.44. The molecule has 0 radical (unpaired) electrons. The highest BCUT2D eigenvalue weighted by molar-refractivity contribution is 7.80. The van der Waals surface area contributed by atoms with Crippen LogP contribution in [-0.4, -0.2) is 54.4 Å². The lowest BCUT2D eigenvalue weighted by atomic mass is 10.3. The van der Waals surface area contributed by atoms with E-state index in [4.69, 9.17) is 18.0 Å². The summed E-state index contributed by atoms with van der Waals surface area (Å²) in [6, 6.07) is 3.73. The number of carbonyl (C=O) groups is 1. The van der Waals surface area contributed by atoms with Crippen molar-refractivity contribution in [3.05, 3.63) is 22.4 Å². The van der Waals surface area contributed by atoms with Crippen LogP contribution in [0.3, 0.4) is 0 Å². The molecule has 2 N–H and O–H groups in total. The first kappa shape index (κ1) is 15.1. The molecule has 1 heterocycles. The third kappa shape index (κ3) is 5.12. The van der Waals surface area contributed by atoms with Crippen molar-refractivity contribution in [2.45, 2.75) is 6.42 Å². The number of thiophene rings is 1. The fourth-order valence-corrected chi connectivity index (χ4v) is 2.22. The number of carbonyl (C=O) groups excluding carboxylic acids is 1. The van der Waals surface area contributed by atoms with Gasteiger partial charge in [-0.25, -0.2) is 0 Å². The van der Waals surface area contributed by atoms with E-state index in [-0.39, 0.29) is 5.91 Å². The molecular weight excluding hydrogens is 266 g/mol. The summed E-state index contributed by atoms with van der Waals surface area (Å²) in [4.78, 5) is 17.3. The topological polar surface area (TPSA) is 49.6 Å². The summed E-state index contributed by atoms with van der Waals surface area (Å²) < 4.78 is 0. The van der Waals surface area contributed by atoms with Crippen LogP contribution in [0.15, 0.2) is 17.5 Å². The number of rotatable bonds is 7. The summed E-state index contributed by atoms with van der Waals surface area (Å²) in [5.41, 5.74) is 5.50. The van der Waals surface area contributed by atoms with Gasteiger partial charge < -0.3 is 15.5 Å². The van der Waals surface area contributed by atoms with Crippen molar-refractivity contribution < 1.29 is 4.79 Å². The minimum Gasteiger partial charge on any atom is -0.393 e. The summed E-state index contributed by atoms with van der Waals surface area (Å²) in [6.07, 6.45) is 0.569. The molecule has 1 rings (SSSR count). The first-order valence-electron chi connectivity index (χ1n) is 5.76. The lowest BCUT2D eigenvalue weighted by Gasteiger charge is -2.23. The van der Waals surface area contributed by atoms with Crippen LogP contribution in [0, 0.1) is 0 Å². The first-order chi connectivity index (χ1) is 8.50. The molecule has 4 nitrogen and oxygen atoms in total. The molecule has 100 valence electrons. The lowest BCUT2D eigenvalue weighted by molar-refractivity contribution is 0.0754. The van der Waals surface area contributed by atoms with Crippen LogP contribution < -0.4 is 5.73 Å². The molecule has 0 bridgehead atoms. The van der Waals surface area contributed by atoms with Gasteiger partial charge in [0, 0.05) is 26.1 Å². The van der Waals surface area contributed by atoms with Gasteiger partial charge in [0.05, 0.1) is 9.87 Å². The van der Waals surface area contributed by atoms with Crippen LogP contribution >= 0.6 is 23.6 Å². The molecule has 0 aliphatic carbocycles. The number of hydrogen-bond donors (Lipinski definition) is 1. The summed E-state index contributed by atoms with van der Waals surface area (Å²) in [5.74, 6) is 0.0584. The predicted molar refractivity (Wildman–Crippen MR) is 80.2 cm³/mol. The zero-order valence-corrected chi connectivity index (χ0v) is 12.4. The number of likely N-dealkylation sites (N-methyl/N-ethyl adjacent to an activating group) is 1. The van der Waals surface area contributed by atoms with E-state index >= 15 is 0 Å². The molecule has 18 heavy (non-hydrogen) atoms. The quantitative estimate of drug-likeness (QED) is 0.770. The molecule has 0 aliphatic heterocycles. The van der Waals surface area contributed by atoms with Gasteiger partial charge in [-0.1, -0.05) is 18.3 Å². The van der Waals surface area contributed by atoms with Crippen molar-refractivity contribution in [1.82, 2.24) is 9.80 Å². The van der Waals surface area contributed by atoms with Gasteiger partial charge in [0.15, 0.2) is 0 Å². The van der Waals surface area contributed by atoms with Gasteiger partial charge in [-0.15, -0.1) is 11.3 Å². The van der Waals surface area contributed by atoms with Gasteiger partial charge in [-0.2, -0.15) is 0 Å². The highest BCUT2D eigenvalue weighted by Gasteiger charge is 2.16. The molecule has 0 atom stereocenters. The van der Waals surface area contributed by atoms with Gasteiger partial charge >= 0.3 is 0 Å². The van der Waals surface area contributed by atoms with Crippen LogP contribution in [-0.2, 0) is 0 Å². The zero-order valence-electron chi connectivity index (χ0n) is 10.8. The normalized spacial score (nSPS) is 10.6. The molecule has 0 fully saturated rings. The first-order valence-corrected chi connectivity index (χ1v) is 7.05. The Kier molecular flexibility index (Phi) is 6.24. The van der Waals surface area contributed by atoms with E-state index < -0.39 is 0 Å². The zero-order chi connectivity index (χ0) is 13.5. The second-order valence-corrected chi connectivity index (χ2v) is 5.76. The molecule has 0 aromatic carbocycles. The molecule has 6 heteroatoms. The largest absolute Gasteiger partial charge is 0.393 e. The Morgan fingerprint density at radius 3 is 2.61 bits per heavy atom. The molecule has 0 aliphatic rings. The van der Waals surface area contributed by atoms with Gasteiger partial charge in [0.25, 0.3) is 5.91 Å². The molecule has 0 spiro atoms. The minimum atomic E-state index is 0.0584. The molecule has 0 saturated carbocycles. The van der Waals surface area contributed by atoms with E-state index in [9.17, 15) is 4.79 Å². The van der Waals surface area contributed by atoms with Gasteiger partial charge in [0.1, 0.15) is 0 Å². The van der Waals surface area contributed by atoms with E-state index in [0.29, 0.717) is 24.5 Å². The van der Waals surface area contributed by atoms with Gasteiger partial charge in [-0.3, -0.25) is 4.79 Å². The average Bonchev–Trinajstić information content (AvgIpc) is 2.81. The smallest absolute Gasteiger partial charge is 0.263 e. The average molecular weight is 285 g/mol. The maximum absolute atomic E-state index is 12.3. The summed E-state index contributed by atoms with van der Waals surface area (Å²) in [5, 5.41) is 1.91. The number of nitrogens with zero attached hydrogens (tertiary/aromatic N) is 2. The monoisotopic (exact) mass is 285 g/mol. The van der Waals surface area contributed by atoms with Crippen molar-refractivity contribution in [3.63, 3.8) is 0 Å². The number of thiocarbonyl (C=S) groups is 1. The summed E-state index contributed by atoms with van der Waals surface area (Å²) >= 11 is 6.33. The van der Waals surface area contributed by atoms with E-state index in [1.807, 2.05) is 36.5 Å². The molecule has 0 unspecified atom stereocenters. The highest BCUT2D eigenvalue weighted by atomic mass is 32.1. The highest BCUT2D eigenvalue weighted by Crippen LogP contribution is 2.12. The lowest BCUT2D eigenvalue weighted by Crippen LogP contribution is -2.38. The van der Waals surface area contributed by atoms with E-state index in [2.05, 4.69) is 4.90 Å². The molecule has 1 aromatic rings. The van der Waals surface area contributed by atoms with Crippen molar-refractivity contribution in [1.29, 1.82) is 0 Å². The van der Waals surface area contributed by atoms with E-state index in [1.54, 1.807) is 0 Å². The minimum absolute atomic E-state index is 0.0584. The molecular formula is C12H19N3OS2. The van der Waals surface area contributed by atoms with Crippen molar-refractivity contribution in [3.8, 4) is 0 Å². The molecule has 1 aromatic heterocycles. The third-order valence-electron chi connectivity index (χ3n) is 2.46. The summed E-state index contributed by atoms with van der Waals surface area (Å²) in [7, 11) is 3.97. The van der Waals surface area contributed by atoms with Crippen molar-refractivity contribution in [2.75, 3.05) is 33.7 Å². The van der Waals surface area contributed by atoms with Gasteiger partial charge in [0.2, 0.25) is 0 Å². The number of hydrogen-bond acceptors (Lipinski definition) is 4. The van der Waals surface area contributed by atoms with Crippen LogP contribution in [0.4, 0.5) is 0 Å². The Morgan fingerprint density at radius 1 is 1.39 bits per heavy atom. The van der Waals surface area contributed by atoms with E-state index in [0.717, 1.165) is 11.4 Å². The Morgan fingerprint density at radius 2 is 2.11 bits per heavy atom. The van der Waals surface area contributed by atoms with E-state index in [1.165, 1.54) is 11.3 Å². The maximum Gasteiger partial charge on any atom is 0.263 e. The van der Waals surface area contributed by atoms with Crippen LogP contribution in [0.2, 0.25) is 0 Å². The Labute approximate surface area is 117 Å². The Bertz CT molecular complexity index is 390. The second kappa shape index (κ2) is 7.45. The second-order valence-electron chi connectivity index (χ2n) is 4.29. The standard InChI is InChI=1S/C12H19N3OS2/c1-14(2)7-8-15(6-5-11(13)17)12(16)10-4-3-9-18-10/h3-4,9H,5-8H2,1-2H3,(H2,13,17). The SMILES string of the molecule is CN(C)CCN(CCC(N)=S)C(=O)c1cccs1. The number of nitrogens with two attached hydrogens (primary N) is 1. The predicted octanol–water partition coefficient (Wildman–Crippen LogP) is 1.43. The Balaban J connectivity index is 2.63. The van der Waals surface area contributed by atoms with Crippen molar-refractivity contribution in [2.24, 2.45) is 5.73 Å². The third-order valence-corrected chi connectivity index (χ3v) is 3.53. The molecule has 1 amide bonds. The summed E-state index contributed by atoms with van der Waals surface area (Å²) in [6.45, 7) is 2.10. The van der Waals surface area contributed by atoms with Crippen molar-refractivity contribution >= 4 is 34.5 Å². The van der Waals surface area contributed by atoms with Crippen LogP contribution in [0.5, 0.6) is 0 Å². The maximum atomic E-state index is 12.3. The van der Waals surface area contributed by atoms with Gasteiger partial charge in [-0.05, 0) is 25.5 Å². The number of amides is 1.